The van der Waals surface area contributed by atoms with Crippen molar-refractivity contribution < 1.29 is 22.3 Å². The molecule has 128 valence electrons. The Morgan fingerprint density at radius 3 is 2.52 bits per heavy atom. The lowest BCUT2D eigenvalue weighted by atomic mass is 10.1. The van der Waals surface area contributed by atoms with E-state index in [1.54, 1.807) is 6.92 Å². The molecule has 2 fully saturated rings. The minimum absolute atomic E-state index is 0.0110. The Morgan fingerprint density at radius 2 is 1.96 bits per heavy atom. The van der Waals surface area contributed by atoms with E-state index in [9.17, 15) is 12.8 Å². The molecule has 1 saturated carbocycles. The van der Waals surface area contributed by atoms with E-state index < -0.39 is 15.8 Å². The molecule has 7 heteroatoms. The van der Waals surface area contributed by atoms with Gasteiger partial charge in [0, 0.05) is 25.4 Å². The number of halogens is 1. The maximum atomic E-state index is 14.3. The molecule has 1 aromatic carbocycles. The van der Waals surface area contributed by atoms with Crippen LogP contribution in [0.25, 0.3) is 0 Å². The fourth-order valence-corrected chi connectivity index (χ4v) is 4.54. The number of benzene rings is 1. The van der Waals surface area contributed by atoms with Gasteiger partial charge in [0.25, 0.3) is 0 Å². The second-order valence-corrected chi connectivity index (χ2v) is 7.85. The number of hydrogen-bond donors (Lipinski definition) is 0. The monoisotopic (exact) mass is 343 g/mol. The quantitative estimate of drug-likeness (QED) is 0.797. The molecular formula is C16H22FNO4S. The van der Waals surface area contributed by atoms with Crippen LogP contribution in [0.2, 0.25) is 0 Å². The first-order valence-electron chi connectivity index (χ1n) is 8.08. The van der Waals surface area contributed by atoms with Gasteiger partial charge in [0.15, 0.2) is 11.6 Å². The van der Waals surface area contributed by atoms with Crippen molar-refractivity contribution in [3.63, 3.8) is 0 Å². The number of nitrogens with zero attached hydrogens (tertiary/aromatic N) is 1. The van der Waals surface area contributed by atoms with E-state index >= 15 is 0 Å². The van der Waals surface area contributed by atoms with Crippen LogP contribution in [-0.2, 0) is 14.8 Å². The van der Waals surface area contributed by atoms with Crippen LogP contribution in [0.5, 0.6) is 5.75 Å². The Morgan fingerprint density at radius 1 is 1.26 bits per heavy atom. The molecule has 5 nitrogen and oxygen atoms in total. The van der Waals surface area contributed by atoms with Crippen molar-refractivity contribution in [2.45, 2.75) is 49.6 Å². The summed E-state index contributed by atoms with van der Waals surface area (Å²) in [4.78, 5) is -0.0110. The van der Waals surface area contributed by atoms with Crippen molar-refractivity contribution >= 4 is 10.0 Å². The molecule has 0 radical (unpaired) electrons. The van der Waals surface area contributed by atoms with Crippen LogP contribution in [0.1, 0.15) is 32.6 Å². The Labute approximate surface area is 136 Å². The van der Waals surface area contributed by atoms with E-state index in [2.05, 4.69) is 0 Å². The first-order chi connectivity index (χ1) is 11.0. The molecule has 0 bridgehead atoms. The maximum absolute atomic E-state index is 14.3. The third-order valence-corrected chi connectivity index (χ3v) is 6.26. The highest BCUT2D eigenvalue weighted by Gasteiger charge is 2.37. The highest BCUT2D eigenvalue weighted by Crippen LogP contribution is 2.33. The summed E-state index contributed by atoms with van der Waals surface area (Å²) in [6.45, 7) is 3.40. The van der Waals surface area contributed by atoms with Crippen LogP contribution in [0, 0.1) is 5.82 Å². The number of hydrogen-bond acceptors (Lipinski definition) is 4. The predicted octanol–water partition coefficient (Wildman–Crippen LogP) is 2.56. The van der Waals surface area contributed by atoms with Gasteiger partial charge < -0.3 is 9.47 Å². The van der Waals surface area contributed by atoms with Gasteiger partial charge in [-0.1, -0.05) is 6.92 Å². The molecule has 2 aliphatic rings. The second-order valence-electron chi connectivity index (χ2n) is 5.96. The lowest BCUT2D eigenvalue weighted by molar-refractivity contribution is 0.0240. The van der Waals surface area contributed by atoms with E-state index in [-0.39, 0.29) is 22.8 Å². The van der Waals surface area contributed by atoms with Gasteiger partial charge in [-0.15, -0.1) is 0 Å². The van der Waals surface area contributed by atoms with Crippen molar-refractivity contribution in [3.8, 4) is 5.75 Å². The SMILES string of the molecule is CCN(C1CC1)S(=O)(=O)c1ccc(OC2CCOCC2)c(F)c1. The van der Waals surface area contributed by atoms with Crippen molar-refractivity contribution in [2.75, 3.05) is 19.8 Å². The van der Waals surface area contributed by atoms with Crippen LogP contribution < -0.4 is 4.74 Å². The first-order valence-corrected chi connectivity index (χ1v) is 9.52. The largest absolute Gasteiger partial charge is 0.487 e. The Balaban J connectivity index is 1.78. The van der Waals surface area contributed by atoms with Crippen molar-refractivity contribution in [2.24, 2.45) is 0 Å². The van der Waals surface area contributed by atoms with E-state index in [1.165, 1.54) is 16.4 Å². The molecule has 0 unspecified atom stereocenters. The molecule has 0 spiro atoms. The van der Waals surface area contributed by atoms with Gasteiger partial charge >= 0.3 is 0 Å². The number of sulfonamides is 1. The van der Waals surface area contributed by atoms with Crippen LogP contribution >= 0.6 is 0 Å². The minimum atomic E-state index is -3.64. The van der Waals surface area contributed by atoms with Gasteiger partial charge in [-0.05, 0) is 31.0 Å². The second kappa shape index (κ2) is 6.75. The highest BCUT2D eigenvalue weighted by atomic mass is 32.2. The van der Waals surface area contributed by atoms with Crippen LogP contribution in [0.15, 0.2) is 23.1 Å². The lowest BCUT2D eigenvalue weighted by Crippen LogP contribution is -2.33. The molecule has 1 saturated heterocycles. The summed E-state index contributed by atoms with van der Waals surface area (Å²) in [5, 5.41) is 0. The summed E-state index contributed by atoms with van der Waals surface area (Å²) in [7, 11) is -3.64. The Hall–Kier alpha value is -1.18. The zero-order valence-corrected chi connectivity index (χ0v) is 14.0. The van der Waals surface area contributed by atoms with Gasteiger partial charge in [0.1, 0.15) is 6.10 Å². The highest BCUT2D eigenvalue weighted by molar-refractivity contribution is 7.89. The van der Waals surface area contributed by atoms with Crippen molar-refractivity contribution in [1.82, 2.24) is 4.31 Å². The van der Waals surface area contributed by atoms with Gasteiger partial charge in [0.2, 0.25) is 10.0 Å². The summed E-state index contributed by atoms with van der Waals surface area (Å²) in [6, 6.07) is 3.97. The van der Waals surface area contributed by atoms with Gasteiger partial charge in [-0.25, -0.2) is 12.8 Å². The molecule has 0 N–H and O–H groups in total. The van der Waals surface area contributed by atoms with Crippen LogP contribution in [-0.4, -0.2) is 44.6 Å². The summed E-state index contributed by atoms with van der Waals surface area (Å²) in [6.07, 6.45) is 3.09. The standard InChI is InChI=1S/C16H22FNO4S/c1-2-18(12-3-4-12)23(19,20)14-5-6-16(15(17)11-14)22-13-7-9-21-10-8-13/h5-6,11-13H,2-4,7-10H2,1H3. The van der Waals surface area contributed by atoms with Gasteiger partial charge in [-0.3, -0.25) is 0 Å². The molecule has 23 heavy (non-hydrogen) atoms. The summed E-state index contributed by atoms with van der Waals surface area (Å²) >= 11 is 0. The Bertz CT molecular complexity index is 654. The summed E-state index contributed by atoms with van der Waals surface area (Å²) in [5.74, 6) is -0.533. The summed E-state index contributed by atoms with van der Waals surface area (Å²) in [5.41, 5.74) is 0. The van der Waals surface area contributed by atoms with E-state index in [1.807, 2.05) is 0 Å². The molecular weight excluding hydrogens is 321 g/mol. The Kier molecular flexibility index (Phi) is 4.89. The van der Waals surface area contributed by atoms with E-state index in [4.69, 9.17) is 9.47 Å². The normalized spacial score (nSPS) is 20.0. The van der Waals surface area contributed by atoms with E-state index in [0.29, 0.717) is 32.6 Å². The molecule has 0 amide bonds. The molecule has 1 aliphatic heterocycles. The molecule has 1 aliphatic carbocycles. The zero-order valence-electron chi connectivity index (χ0n) is 13.2. The molecule has 0 aromatic heterocycles. The van der Waals surface area contributed by atoms with Crippen LogP contribution in [0.4, 0.5) is 4.39 Å². The summed E-state index contributed by atoms with van der Waals surface area (Å²) < 4.78 is 51.8. The maximum Gasteiger partial charge on any atom is 0.243 e. The molecule has 3 rings (SSSR count). The zero-order chi connectivity index (χ0) is 16.4. The van der Waals surface area contributed by atoms with E-state index in [0.717, 1.165) is 18.9 Å². The minimum Gasteiger partial charge on any atom is -0.487 e. The molecule has 1 aromatic rings. The third-order valence-electron chi connectivity index (χ3n) is 4.24. The number of rotatable bonds is 6. The topological polar surface area (TPSA) is 55.8 Å². The average molecular weight is 343 g/mol. The van der Waals surface area contributed by atoms with Gasteiger partial charge in [0.05, 0.1) is 18.1 Å². The van der Waals surface area contributed by atoms with Gasteiger partial charge in [-0.2, -0.15) is 4.31 Å². The molecule has 0 atom stereocenters. The fraction of sp³-hybridized carbons (Fsp3) is 0.625. The lowest BCUT2D eigenvalue weighted by Gasteiger charge is -2.24. The van der Waals surface area contributed by atoms with Crippen LogP contribution in [0.3, 0.4) is 0 Å². The average Bonchev–Trinajstić information content (AvgIpc) is 3.35. The molecule has 1 heterocycles. The van der Waals surface area contributed by atoms with Crippen molar-refractivity contribution in [3.05, 3.63) is 24.0 Å². The first kappa shape index (κ1) is 16.7. The number of ether oxygens (including phenoxy) is 2. The fourth-order valence-electron chi connectivity index (χ4n) is 2.83. The predicted molar refractivity (Wildman–Crippen MR) is 83.5 cm³/mol. The van der Waals surface area contributed by atoms with Crippen molar-refractivity contribution in [1.29, 1.82) is 0 Å². The third kappa shape index (κ3) is 3.67. The smallest absolute Gasteiger partial charge is 0.243 e.